The van der Waals surface area contributed by atoms with E-state index in [0.29, 0.717) is 5.69 Å². The number of carbonyl (C=O) groups excluding carboxylic acids is 2. The Kier molecular flexibility index (Phi) is 3.64. The molecule has 0 amide bonds. The zero-order valence-electron chi connectivity index (χ0n) is 14.0. The number of aromatic hydroxyl groups is 1. The first-order valence-corrected chi connectivity index (χ1v) is 8.13. The smallest absolute Gasteiger partial charge is 0.196 e. The van der Waals surface area contributed by atoms with E-state index < -0.39 is 17.3 Å². The molecule has 0 aromatic heterocycles. The fourth-order valence-corrected chi connectivity index (χ4v) is 3.27. The highest BCUT2D eigenvalue weighted by Crippen LogP contribution is 2.44. The van der Waals surface area contributed by atoms with Gasteiger partial charge >= 0.3 is 0 Å². The van der Waals surface area contributed by atoms with Crippen molar-refractivity contribution >= 4 is 28.6 Å². The Bertz CT molecular complexity index is 1160. The van der Waals surface area contributed by atoms with Gasteiger partial charge in [0, 0.05) is 16.8 Å². The summed E-state index contributed by atoms with van der Waals surface area (Å²) in [7, 11) is 0. The molecule has 6 nitrogen and oxygen atoms in total. The van der Waals surface area contributed by atoms with E-state index in [0.717, 1.165) is 0 Å². The number of anilines is 3. The second kappa shape index (κ2) is 6.00. The van der Waals surface area contributed by atoms with Crippen molar-refractivity contribution in [2.45, 2.75) is 0 Å². The first-order valence-electron chi connectivity index (χ1n) is 8.13. The number of phenols is 1. The van der Waals surface area contributed by atoms with Gasteiger partial charge in [0.05, 0.1) is 22.5 Å². The maximum Gasteiger partial charge on any atom is 0.196 e. The molecular formula is C21H13N3O3. The van der Waals surface area contributed by atoms with Crippen LogP contribution < -0.4 is 11.1 Å². The molecule has 0 saturated heterocycles. The van der Waals surface area contributed by atoms with Gasteiger partial charge < -0.3 is 16.2 Å². The molecule has 1 aliphatic rings. The van der Waals surface area contributed by atoms with E-state index in [2.05, 4.69) is 5.32 Å². The van der Waals surface area contributed by atoms with Crippen molar-refractivity contribution in [1.29, 1.82) is 5.26 Å². The number of ketones is 2. The Morgan fingerprint density at radius 2 is 1.44 bits per heavy atom. The number of nitrogens with two attached hydrogens (primary N) is 1. The molecular weight excluding hydrogens is 342 g/mol. The number of hydrogen-bond donors (Lipinski definition) is 3. The third kappa shape index (κ3) is 2.34. The van der Waals surface area contributed by atoms with Gasteiger partial charge in [-0.1, -0.05) is 42.5 Å². The summed E-state index contributed by atoms with van der Waals surface area (Å²) in [5.41, 5.74) is 6.52. The molecule has 0 heterocycles. The monoisotopic (exact) mass is 355 g/mol. The van der Waals surface area contributed by atoms with Crippen LogP contribution in [0.1, 0.15) is 37.4 Å². The number of nitriles is 1. The normalized spacial score (nSPS) is 12.1. The van der Waals surface area contributed by atoms with Crippen molar-refractivity contribution in [3.05, 3.63) is 82.4 Å². The number of nitrogen functional groups attached to an aromatic ring is 1. The minimum absolute atomic E-state index is 0.00518. The molecule has 3 aromatic carbocycles. The van der Waals surface area contributed by atoms with Crippen molar-refractivity contribution in [1.82, 2.24) is 0 Å². The SMILES string of the molecule is N#Cc1c(O)c(N)c2c(c1Nc1ccccc1)C(=O)c1ccccc1C2=O. The van der Waals surface area contributed by atoms with E-state index in [9.17, 15) is 20.0 Å². The zero-order chi connectivity index (χ0) is 19.1. The quantitative estimate of drug-likeness (QED) is 0.375. The van der Waals surface area contributed by atoms with Gasteiger partial charge in [0.1, 0.15) is 11.6 Å². The molecule has 3 aromatic rings. The fourth-order valence-electron chi connectivity index (χ4n) is 3.27. The minimum Gasteiger partial charge on any atom is -0.504 e. The van der Waals surface area contributed by atoms with Crippen LogP contribution >= 0.6 is 0 Å². The van der Waals surface area contributed by atoms with E-state index in [1.54, 1.807) is 42.5 Å². The van der Waals surface area contributed by atoms with E-state index in [1.807, 2.05) is 12.1 Å². The second-order valence-electron chi connectivity index (χ2n) is 6.07. The van der Waals surface area contributed by atoms with Crippen LogP contribution in [-0.4, -0.2) is 16.7 Å². The molecule has 0 fully saturated rings. The summed E-state index contributed by atoms with van der Waals surface area (Å²) in [6.45, 7) is 0. The van der Waals surface area contributed by atoms with Gasteiger partial charge in [0.2, 0.25) is 0 Å². The largest absolute Gasteiger partial charge is 0.504 e. The van der Waals surface area contributed by atoms with Gasteiger partial charge in [0.15, 0.2) is 17.3 Å². The van der Waals surface area contributed by atoms with Gasteiger partial charge in [-0.05, 0) is 12.1 Å². The van der Waals surface area contributed by atoms with Crippen molar-refractivity contribution in [3.63, 3.8) is 0 Å². The predicted molar refractivity (Wildman–Crippen MR) is 100 cm³/mol. The number of nitrogens with zero attached hydrogens (tertiary/aromatic N) is 1. The molecule has 0 aliphatic heterocycles. The van der Waals surface area contributed by atoms with Crippen LogP contribution in [0.4, 0.5) is 17.1 Å². The van der Waals surface area contributed by atoms with E-state index in [4.69, 9.17) is 5.73 Å². The molecule has 0 unspecified atom stereocenters. The standard InChI is InChI=1S/C21H13N3O3/c22-10-14-18(24-11-6-2-1-3-7-11)16-15(17(23)21(14)27)19(25)12-8-4-5-9-13(12)20(16)26/h1-9,24,27H,23H2. The Morgan fingerprint density at radius 3 is 2.04 bits per heavy atom. The third-order valence-electron chi connectivity index (χ3n) is 4.54. The highest BCUT2D eigenvalue weighted by molar-refractivity contribution is 6.32. The summed E-state index contributed by atoms with van der Waals surface area (Å²) < 4.78 is 0. The van der Waals surface area contributed by atoms with Crippen LogP contribution in [-0.2, 0) is 0 Å². The summed E-state index contributed by atoms with van der Waals surface area (Å²) in [5.74, 6) is -1.41. The van der Waals surface area contributed by atoms with Gasteiger partial charge in [-0.25, -0.2) is 0 Å². The lowest BCUT2D eigenvalue weighted by Gasteiger charge is -2.24. The van der Waals surface area contributed by atoms with E-state index >= 15 is 0 Å². The number of fused-ring (bicyclic) bond motifs is 2. The van der Waals surface area contributed by atoms with Crippen LogP contribution in [0.3, 0.4) is 0 Å². The molecule has 1 aliphatic carbocycles. The number of benzene rings is 3. The summed E-state index contributed by atoms with van der Waals surface area (Å²) in [5, 5.41) is 23.0. The lowest BCUT2D eigenvalue weighted by molar-refractivity contribution is 0.0980. The summed E-state index contributed by atoms with van der Waals surface area (Å²) in [6, 6.07) is 17.1. The molecule has 0 saturated carbocycles. The number of carbonyl (C=O) groups is 2. The molecule has 0 spiro atoms. The maximum atomic E-state index is 13.2. The van der Waals surface area contributed by atoms with Crippen molar-refractivity contribution in [2.75, 3.05) is 11.1 Å². The number of nitrogens with one attached hydrogen (secondary N) is 1. The predicted octanol–water partition coefficient (Wildman–Crippen LogP) is 3.37. The fraction of sp³-hybridized carbons (Fsp3) is 0. The summed E-state index contributed by atoms with van der Waals surface area (Å²) in [6.07, 6.45) is 0. The Morgan fingerprint density at radius 1 is 0.889 bits per heavy atom. The van der Waals surface area contributed by atoms with Gasteiger partial charge in [-0.2, -0.15) is 5.26 Å². The van der Waals surface area contributed by atoms with Gasteiger partial charge in [-0.15, -0.1) is 0 Å². The molecule has 27 heavy (non-hydrogen) atoms. The molecule has 130 valence electrons. The number of hydrogen-bond acceptors (Lipinski definition) is 6. The number of rotatable bonds is 2. The van der Waals surface area contributed by atoms with E-state index in [1.165, 1.54) is 6.07 Å². The molecule has 4 N–H and O–H groups in total. The Balaban J connectivity index is 2.06. The van der Waals surface area contributed by atoms with Crippen LogP contribution in [0.2, 0.25) is 0 Å². The summed E-state index contributed by atoms with van der Waals surface area (Å²) in [4.78, 5) is 26.1. The zero-order valence-corrected chi connectivity index (χ0v) is 14.0. The number of para-hydroxylation sites is 1. The highest BCUT2D eigenvalue weighted by atomic mass is 16.3. The lowest BCUT2D eigenvalue weighted by atomic mass is 9.81. The Hall–Kier alpha value is -4.11. The average molecular weight is 355 g/mol. The van der Waals surface area contributed by atoms with Gasteiger partial charge in [0.25, 0.3) is 0 Å². The first kappa shape index (κ1) is 16.4. The third-order valence-corrected chi connectivity index (χ3v) is 4.54. The second-order valence-corrected chi connectivity index (χ2v) is 6.07. The highest BCUT2D eigenvalue weighted by Gasteiger charge is 2.36. The lowest BCUT2D eigenvalue weighted by Crippen LogP contribution is -2.24. The Labute approximate surface area is 154 Å². The molecule has 4 rings (SSSR count). The van der Waals surface area contributed by atoms with Crippen LogP contribution in [0.15, 0.2) is 54.6 Å². The molecule has 0 atom stereocenters. The first-order chi connectivity index (χ1) is 13.0. The van der Waals surface area contributed by atoms with Crippen molar-refractivity contribution in [3.8, 4) is 11.8 Å². The van der Waals surface area contributed by atoms with E-state index in [-0.39, 0.29) is 39.2 Å². The van der Waals surface area contributed by atoms with Crippen molar-refractivity contribution in [2.24, 2.45) is 0 Å². The van der Waals surface area contributed by atoms with Crippen LogP contribution in [0, 0.1) is 11.3 Å². The average Bonchev–Trinajstić information content (AvgIpc) is 2.70. The molecule has 6 heteroatoms. The molecule has 0 radical (unpaired) electrons. The maximum absolute atomic E-state index is 13.2. The summed E-state index contributed by atoms with van der Waals surface area (Å²) >= 11 is 0. The number of phenolic OH excluding ortho intramolecular Hbond substituents is 1. The van der Waals surface area contributed by atoms with Crippen LogP contribution in [0.25, 0.3) is 0 Å². The van der Waals surface area contributed by atoms with Crippen LogP contribution in [0.5, 0.6) is 5.75 Å². The molecule has 0 bridgehead atoms. The minimum atomic E-state index is -0.518. The topological polar surface area (TPSA) is 116 Å². The van der Waals surface area contributed by atoms with Crippen molar-refractivity contribution < 1.29 is 14.7 Å². The van der Waals surface area contributed by atoms with Gasteiger partial charge in [-0.3, -0.25) is 9.59 Å².